The average Bonchev–Trinajstić information content (AvgIpc) is 3.07. The van der Waals surface area contributed by atoms with Gasteiger partial charge in [0.25, 0.3) is 0 Å². The van der Waals surface area contributed by atoms with E-state index in [0.717, 1.165) is 39.6 Å². The van der Waals surface area contributed by atoms with Crippen LogP contribution in [0.25, 0.3) is 9.88 Å². The molecular formula is C14H20BrCl2N3OS2. The quantitative estimate of drug-likeness (QED) is 0.582. The molecule has 0 unspecified atom stereocenters. The number of thiophene rings is 1. The Hall–Kier alpha value is -0.180. The van der Waals surface area contributed by atoms with Crippen LogP contribution in [-0.4, -0.2) is 30.5 Å². The highest BCUT2D eigenvalue weighted by molar-refractivity contribution is 9.10. The van der Waals surface area contributed by atoms with Gasteiger partial charge in [-0.1, -0.05) is 6.92 Å². The lowest BCUT2D eigenvalue weighted by molar-refractivity contribution is -0.120. The molecule has 0 bridgehead atoms. The number of amides is 1. The van der Waals surface area contributed by atoms with E-state index < -0.39 is 0 Å². The fourth-order valence-corrected chi connectivity index (χ4v) is 4.07. The topological polar surface area (TPSA) is 54.0 Å². The summed E-state index contributed by atoms with van der Waals surface area (Å²) in [5.41, 5.74) is 0.832. The highest BCUT2D eigenvalue weighted by Gasteiger charge is 2.10. The smallest absolute Gasteiger partial charge is 0.226 e. The number of halogens is 3. The van der Waals surface area contributed by atoms with E-state index >= 15 is 0 Å². The van der Waals surface area contributed by atoms with Crippen LogP contribution >= 0.6 is 63.4 Å². The van der Waals surface area contributed by atoms with Crippen molar-refractivity contribution in [2.24, 2.45) is 0 Å². The van der Waals surface area contributed by atoms with Crippen LogP contribution in [0.15, 0.2) is 21.3 Å². The van der Waals surface area contributed by atoms with E-state index in [9.17, 15) is 4.79 Å². The van der Waals surface area contributed by atoms with Gasteiger partial charge in [-0.05, 0) is 35.0 Å². The van der Waals surface area contributed by atoms with Crippen molar-refractivity contribution in [1.29, 1.82) is 0 Å². The number of hydrogen-bond acceptors (Lipinski definition) is 5. The van der Waals surface area contributed by atoms with E-state index in [1.54, 1.807) is 22.7 Å². The van der Waals surface area contributed by atoms with Crippen LogP contribution < -0.4 is 10.6 Å². The fourth-order valence-electron chi connectivity index (χ4n) is 1.75. The monoisotopic (exact) mass is 459 g/mol. The average molecular weight is 461 g/mol. The van der Waals surface area contributed by atoms with Crippen LogP contribution in [0.2, 0.25) is 0 Å². The first kappa shape index (κ1) is 22.8. The predicted octanol–water partition coefficient (Wildman–Crippen LogP) is 4.14. The number of hydrogen-bond donors (Lipinski definition) is 2. The number of aromatic nitrogens is 1. The molecule has 0 fully saturated rings. The predicted molar refractivity (Wildman–Crippen MR) is 107 cm³/mol. The first-order valence-electron chi connectivity index (χ1n) is 6.85. The number of nitrogens with one attached hydrogen (secondary N) is 2. The molecule has 2 rings (SSSR count). The van der Waals surface area contributed by atoms with Gasteiger partial charge >= 0.3 is 0 Å². The van der Waals surface area contributed by atoms with E-state index in [4.69, 9.17) is 0 Å². The lowest BCUT2D eigenvalue weighted by Crippen LogP contribution is -2.33. The summed E-state index contributed by atoms with van der Waals surface area (Å²) in [6, 6.07) is 2.05. The molecule has 0 aliphatic heterocycles. The lowest BCUT2D eigenvalue weighted by Gasteiger charge is -2.04. The Labute approximate surface area is 165 Å². The van der Waals surface area contributed by atoms with Crippen LogP contribution in [0.4, 0.5) is 0 Å². The van der Waals surface area contributed by atoms with Crippen molar-refractivity contribution in [3.63, 3.8) is 0 Å². The minimum Gasteiger partial charge on any atom is -0.354 e. The van der Waals surface area contributed by atoms with Gasteiger partial charge in [0.05, 0.1) is 17.0 Å². The van der Waals surface area contributed by atoms with Crippen molar-refractivity contribution in [2.45, 2.75) is 19.8 Å². The molecule has 0 aliphatic rings. The maximum absolute atomic E-state index is 11.8. The van der Waals surface area contributed by atoms with E-state index in [1.807, 2.05) is 16.8 Å². The Bertz CT molecular complexity index is 592. The van der Waals surface area contributed by atoms with E-state index in [0.29, 0.717) is 13.0 Å². The van der Waals surface area contributed by atoms with Gasteiger partial charge < -0.3 is 10.6 Å². The summed E-state index contributed by atoms with van der Waals surface area (Å²) in [5.74, 6) is 0.0255. The van der Waals surface area contributed by atoms with Gasteiger partial charge in [0.1, 0.15) is 5.01 Å². The molecule has 23 heavy (non-hydrogen) atoms. The lowest BCUT2D eigenvalue weighted by atomic mass is 10.3. The van der Waals surface area contributed by atoms with Gasteiger partial charge in [0, 0.05) is 28.3 Å². The molecule has 2 aromatic rings. The molecule has 4 nitrogen and oxygen atoms in total. The van der Waals surface area contributed by atoms with Crippen molar-refractivity contribution < 1.29 is 4.79 Å². The molecule has 0 aliphatic carbocycles. The summed E-state index contributed by atoms with van der Waals surface area (Å²) in [5, 5.41) is 11.1. The molecule has 2 aromatic heterocycles. The zero-order valence-electron chi connectivity index (χ0n) is 12.6. The summed E-state index contributed by atoms with van der Waals surface area (Å²) in [6.45, 7) is 4.58. The van der Waals surface area contributed by atoms with Crippen molar-refractivity contribution in [3.05, 3.63) is 27.0 Å². The molecule has 0 spiro atoms. The summed E-state index contributed by atoms with van der Waals surface area (Å²) in [4.78, 5) is 17.5. The van der Waals surface area contributed by atoms with Gasteiger partial charge in [-0.15, -0.1) is 47.5 Å². The number of thiazole rings is 1. The zero-order valence-corrected chi connectivity index (χ0v) is 17.5. The number of carbonyl (C=O) groups is 1. The summed E-state index contributed by atoms with van der Waals surface area (Å²) >= 11 is 6.67. The third-order valence-electron chi connectivity index (χ3n) is 2.72. The molecule has 0 saturated carbocycles. The largest absolute Gasteiger partial charge is 0.354 e. The Morgan fingerprint density at radius 1 is 1.22 bits per heavy atom. The Morgan fingerprint density at radius 3 is 2.65 bits per heavy atom. The Kier molecular flexibility index (Phi) is 12.1. The van der Waals surface area contributed by atoms with Gasteiger partial charge in [-0.25, -0.2) is 4.98 Å². The molecule has 2 heterocycles. The molecule has 130 valence electrons. The van der Waals surface area contributed by atoms with Crippen LogP contribution in [0.5, 0.6) is 0 Å². The minimum atomic E-state index is 0. The molecule has 0 saturated heterocycles. The molecule has 9 heteroatoms. The van der Waals surface area contributed by atoms with E-state index in [1.165, 1.54) is 0 Å². The third kappa shape index (κ3) is 7.96. The second kappa shape index (κ2) is 12.2. The molecule has 0 radical (unpaired) electrons. The van der Waals surface area contributed by atoms with Gasteiger partial charge in [-0.3, -0.25) is 4.79 Å². The van der Waals surface area contributed by atoms with Crippen LogP contribution in [-0.2, 0) is 11.2 Å². The van der Waals surface area contributed by atoms with Crippen molar-refractivity contribution in [1.82, 2.24) is 15.6 Å². The maximum atomic E-state index is 11.8. The Balaban J connectivity index is 0.00000242. The third-order valence-corrected chi connectivity index (χ3v) is 5.47. The summed E-state index contributed by atoms with van der Waals surface area (Å²) in [6.07, 6.45) is 1.45. The Morgan fingerprint density at radius 2 is 2.00 bits per heavy atom. The maximum Gasteiger partial charge on any atom is 0.226 e. The van der Waals surface area contributed by atoms with E-state index in [2.05, 4.69) is 38.5 Å². The molecular weight excluding hydrogens is 441 g/mol. The van der Waals surface area contributed by atoms with Gasteiger partial charge in [0.2, 0.25) is 5.91 Å². The molecule has 2 N–H and O–H groups in total. The highest BCUT2D eigenvalue weighted by atomic mass is 79.9. The van der Waals surface area contributed by atoms with Crippen molar-refractivity contribution in [2.75, 3.05) is 19.6 Å². The molecule has 0 atom stereocenters. The number of rotatable bonds is 8. The SMILES string of the molecule is CCCNCCNC(=O)Cc1csc(-c2cc(Br)cs2)n1.Cl.Cl. The fraction of sp³-hybridized carbons (Fsp3) is 0.429. The van der Waals surface area contributed by atoms with Crippen LogP contribution in [0, 0.1) is 0 Å². The molecule has 0 aromatic carbocycles. The summed E-state index contributed by atoms with van der Waals surface area (Å²) in [7, 11) is 0. The van der Waals surface area contributed by atoms with Gasteiger partial charge in [-0.2, -0.15) is 0 Å². The van der Waals surface area contributed by atoms with Gasteiger partial charge in [0.15, 0.2) is 0 Å². The second-order valence-corrected chi connectivity index (χ2v) is 7.23. The van der Waals surface area contributed by atoms with E-state index in [-0.39, 0.29) is 30.7 Å². The standard InChI is InChI=1S/C14H18BrN3OS2.2ClH/c1-2-3-16-4-5-17-13(19)7-11-9-21-14(18-11)12-6-10(15)8-20-12;;/h6,8-9,16H,2-5,7H2,1H3,(H,17,19);2*1H. The normalized spacial score (nSPS) is 9.83. The molecule has 1 amide bonds. The van der Waals surface area contributed by atoms with Crippen LogP contribution in [0.3, 0.4) is 0 Å². The second-order valence-electron chi connectivity index (χ2n) is 4.55. The first-order chi connectivity index (χ1) is 10.2. The zero-order chi connectivity index (χ0) is 15.1. The van der Waals surface area contributed by atoms with Crippen molar-refractivity contribution in [3.8, 4) is 9.88 Å². The first-order valence-corrected chi connectivity index (χ1v) is 9.40. The number of carbonyl (C=O) groups excluding carboxylic acids is 1. The summed E-state index contributed by atoms with van der Waals surface area (Å²) < 4.78 is 1.07. The number of nitrogens with zero attached hydrogens (tertiary/aromatic N) is 1. The highest BCUT2D eigenvalue weighted by Crippen LogP contribution is 2.31. The minimum absolute atomic E-state index is 0. The van der Waals surface area contributed by atoms with Crippen molar-refractivity contribution >= 4 is 69.3 Å². The van der Waals surface area contributed by atoms with Crippen LogP contribution in [0.1, 0.15) is 19.0 Å².